The summed E-state index contributed by atoms with van der Waals surface area (Å²) in [4.78, 5) is 0. The van der Waals surface area contributed by atoms with Crippen LogP contribution in [0, 0.1) is 0 Å². The largest absolute Gasteiger partial charge is 0.396 e. The van der Waals surface area contributed by atoms with Crippen LogP contribution >= 0.6 is 0 Å². The summed E-state index contributed by atoms with van der Waals surface area (Å²) < 4.78 is 27.3. The third kappa shape index (κ3) is 3.53. The SMILES string of the molecule is CCN(CCCO)S(=O)(=O)NC1CC1. The fourth-order valence-corrected chi connectivity index (χ4v) is 2.70. The van der Waals surface area contributed by atoms with Gasteiger partial charge in [0.05, 0.1) is 0 Å². The summed E-state index contributed by atoms with van der Waals surface area (Å²) in [6, 6.07) is 0.142. The van der Waals surface area contributed by atoms with Crippen LogP contribution in [0.4, 0.5) is 0 Å². The Morgan fingerprint density at radius 3 is 2.57 bits per heavy atom. The van der Waals surface area contributed by atoms with Crippen LogP contribution in [0.25, 0.3) is 0 Å². The minimum absolute atomic E-state index is 0.0233. The minimum Gasteiger partial charge on any atom is -0.396 e. The molecular formula is C8H18N2O3S. The van der Waals surface area contributed by atoms with Crippen LogP contribution in [-0.4, -0.2) is 43.6 Å². The van der Waals surface area contributed by atoms with E-state index in [-0.39, 0.29) is 12.6 Å². The molecule has 84 valence electrons. The summed E-state index contributed by atoms with van der Waals surface area (Å²) in [5.41, 5.74) is 0. The molecule has 0 aromatic rings. The third-order valence-corrected chi connectivity index (χ3v) is 3.90. The number of aliphatic hydroxyl groups excluding tert-OH is 1. The highest BCUT2D eigenvalue weighted by molar-refractivity contribution is 7.87. The van der Waals surface area contributed by atoms with E-state index in [1.54, 1.807) is 6.92 Å². The highest BCUT2D eigenvalue weighted by atomic mass is 32.2. The Bertz CT molecular complexity index is 262. The lowest BCUT2D eigenvalue weighted by Gasteiger charge is -2.20. The zero-order valence-corrected chi connectivity index (χ0v) is 9.26. The van der Waals surface area contributed by atoms with Gasteiger partial charge >= 0.3 is 0 Å². The first-order valence-corrected chi connectivity index (χ1v) is 6.42. The molecule has 1 saturated carbocycles. The Hall–Kier alpha value is -0.170. The van der Waals surface area contributed by atoms with Crippen molar-refractivity contribution in [1.29, 1.82) is 0 Å². The summed E-state index contributed by atoms with van der Waals surface area (Å²) in [5.74, 6) is 0. The average molecular weight is 222 g/mol. The normalized spacial score (nSPS) is 17.6. The standard InChI is InChI=1S/C8H18N2O3S/c1-2-10(6-3-7-11)14(12,13)9-8-4-5-8/h8-9,11H,2-7H2,1H3. The van der Waals surface area contributed by atoms with Crippen LogP contribution in [0.2, 0.25) is 0 Å². The van der Waals surface area contributed by atoms with Crippen LogP contribution < -0.4 is 4.72 Å². The Morgan fingerprint density at radius 2 is 2.14 bits per heavy atom. The first-order chi connectivity index (χ1) is 6.60. The van der Waals surface area contributed by atoms with Crippen molar-refractivity contribution in [2.45, 2.75) is 32.2 Å². The molecule has 0 aromatic carbocycles. The summed E-state index contributed by atoms with van der Waals surface area (Å²) in [5, 5.41) is 8.63. The second-order valence-corrected chi connectivity index (χ2v) is 5.17. The van der Waals surface area contributed by atoms with Crippen molar-refractivity contribution < 1.29 is 13.5 Å². The Balaban J connectivity index is 2.47. The van der Waals surface area contributed by atoms with Gasteiger partial charge in [0.15, 0.2) is 0 Å². The Kier molecular flexibility index (Phi) is 4.31. The molecule has 5 nitrogen and oxygen atoms in total. The van der Waals surface area contributed by atoms with Crippen LogP contribution in [0.15, 0.2) is 0 Å². The minimum atomic E-state index is -3.31. The van der Waals surface area contributed by atoms with E-state index in [0.29, 0.717) is 19.5 Å². The molecule has 1 aliphatic carbocycles. The van der Waals surface area contributed by atoms with E-state index in [2.05, 4.69) is 4.72 Å². The fraction of sp³-hybridized carbons (Fsp3) is 1.00. The lowest BCUT2D eigenvalue weighted by Crippen LogP contribution is -2.42. The van der Waals surface area contributed by atoms with Gasteiger partial charge in [0.25, 0.3) is 10.2 Å². The molecule has 0 heterocycles. The first kappa shape index (κ1) is 11.9. The molecule has 0 spiro atoms. The Morgan fingerprint density at radius 1 is 1.50 bits per heavy atom. The molecule has 6 heteroatoms. The van der Waals surface area contributed by atoms with Gasteiger partial charge in [-0.05, 0) is 19.3 Å². The zero-order chi connectivity index (χ0) is 10.6. The maximum absolute atomic E-state index is 11.7. The van der Waals surface area contributed by atoms with Gasteiger partial charge in [0.1, 0.15) is 0 Å². The molecule has 0 radical (unpaired) electrons. The van der Waals surface area contributed by atoms with E-state index in [1.807, 2.05) is 0 Å². The van der Waals surface area contributed by atoms with E-state index in [1.165, 1.54) is 4.31 Å². The van der Waals surface area contributed by atoms with Crippen LogP contribution in [-0.2, 0) is 10.2 Å². The molecule has 0 atom stereocenters. The van der Waals surface area contributed by atoms with Gasteiger partial charge in [-0.25, -0.2) is 0 Å². The highest BCUT2D eigenvalue weighted by Crippen LogP contribution is 2.20. The molecule has 0 amide bonds. The predicted molar refractivity (Wildman–Crippen MR) is 54.0 cm³/mol. The number of aliphatic hydroxyl groups is 1. The van der Waals surface area contributed by atoms with E-state index in [0.717, 1.165) is 12.8 Å². The van der Waals surface area contributed by atoms with E-state index in [9.17, 15) is 8.42 Å². The van der Waals surface area contributed by atoms with Gasteiger partial charge < -0.3 is 5.11 Å². The Labute approximate surface area is 85.3 Å². The van der Waals surface area contributed by atoms with Crippen molar-refractivity contribution in [2.24, 2.45) is 0 Å². The monoisotopic (exact) mass is 222 g/mol. The smallest absolute Gasteiger partial charge is 0.279 e. The van der Waals surface area contributed by atoms with Crippen molar-refractivity contribution in [2.75, 3.05) is 19.7 Å². The number of hydrogen-bond acceptors (Lipinski definition) is 3. The summed E-state index contributed by atoms with van der Waals surface area (Å²) in [7, 11) is -3.31. The van der Waals surface area contributed by atoms with E-state index in [4.69, 9.17) is 5.11 Å². The van der Waals surface area contributed by atoms with E-state index < -0.39 is 10.2 Å². The van der Waals surface area contributed by atoms with E-state index >= 15 is 0 Å². The van der Waals surface area contributed by atoms with Crippen molar-refractivity contribution in [3.8, 4) is 0 Å². The van der Waals surface area contributed by atoms with Crippen LogP contribution in [0.5, 0.6) is 0 Å². The van der Waals surface area contributed by atoms with Gasteiger partial charge in [-0.1, -0.05) is 6.92 Å². The molecule has 1 rings (SSSR count). The lowest BCUT2D eigenvalue weighted by molar-refractivity contribution is 0.270. The second kappa shape index (κ2) is 5.06. The van der Waals surface area contributed by atoms with Crippen molar-refractivity contribution in [3.63, 3.8) is 0 Å². The molecule has 2 N–H and O–H groups in total. The third-order valence-electron chi connectivity index (χ3n) is 2.15. The van der Waals surface area contributed by atoms with Crippen LogP contribution in [0.3, 0.4) is 0 Å². The molecule has 1 fully saturated rings. The van der Waals surface area contributed by atoms with Crippen molar-refractivity contribution in [1.82, 2.24) is 9.03 Å². The first-order valence-electron chi connectivity index (χ1n) is 4.98. The van der Waals surface area contributed by atoms with Crippen molar-refractivity contribution >= 4 is 10.2 Å². The van der Waals surface area contributed by atoms with Gasteiger partial charge in [0.2, 0.25) is 0 Å². The van der Waals surface area contributed by atoms with Crippen LogP contribution in [0.1, 0.15) is 26.2 Å². The molecule has 0 bridgehead atoms. The predicted octanol–water partition coefficient (Wildman–Crippen LogP) is -0.313. The molecule has 0 aromatic heterocycles. The van der Waals surface area contributed by atoms with Gasteiger partial charge in [-0.2, -0.15) is 17.4 Å². The average Bonchev–Trinajstić information content (AvgIpc) is 2.88. The summed E-state index contributed by atoms with van der Waals surface area (Å²) >= 11 is 0. The molecule has 14 heavy (non-hydrogen) atoms. The number of hydrogen-bond donors (Lipinski definition) is 2. The van der Waals surface area contributed by atoms with Gasteiger partial charge in [-0.15, -0.1) is 0 Å². The molecule has 0 unspecified atom stereocenters. The maximum Gasteiger partial charge on any atom is 0.279 e. The quantitative estimate of drug-likeness (QED) is 0.620. The van der Waals surface area contributed by atoms with Crippen molar-refractivity contribution in [3.05, 3.63) is 0 Å². The molecular weight excluding hydrogens is 204 g/mol. The highest BCUT2D eigenvalue weighted by Gasteiger charge is 2.29. The number of rotatable bonds is 7. The topological polar surface area (TPSA) is 69.6 Å². The summed E-state index contributed by atoms with van der Waals surface area (Å²) in [6.45, 7) is 2.65. The molecule has 0 aliphatic heterocycles. The van der Waals surface area contributed by atoms with Gasteiger partial charge in [-0.3, -0.25) is 0 Å². The second-order valence-electron chi connectivity index (χ2n) is 3.47. The number of nitrogens with zero attached hydrogens (tertiary/aromatic N) is 1. The van der Waals surface area contributed by atoms with Gasteiger partial charge in [0, 0.05) is 25.7 Å². The maximum atomic E-state index is 11.7. The molecule has 1 aliphatic rings. The molecule has 0 saturated heterocycles. The fourth-order valence-electron chi connectivity index (χ4n) is 1.18. The zero-order valence-electron chi connectivity index (χ0n) is 8.44. The number of nitrogens with one attached hydrogen (secondary N) is 1. The lowest BCUT2D eigenvalue weighted by atomic mass is 10.4. The summed E-state index contributed by atoms with van der Waals surface area (Å²) in [6.07, 6.45) is 2.37.